The molecule has 4 aromatic rings. The molecule has 0 radical (unpaired) electrons. The third-order valence-electron chi connectivity index (χ3n) is 3.80. The molecule has 4 rings (SSSR count). The number of carbonyl (C=O) groups is 1. The van der Waals surface area contributed by atoms with Crippen LogP contribution in [-0.4, -0.2) is 25.4 Å². The average molecular weight is 365 g/mol. The minimum absolute atomic E-state index is 0.226. The summed E-state index contributed by atoms with van der Waals surface area (Å²) in [6.45, 7) is 2.30. The summed E-state index contributed by atoms with van der Waals surface area (Å²) in [6.07, 6.45) is 6.88. The van der Waals surface area contributed by atoms with E-state index in [1.54, 1.807) is 30.1 Å². The van der Waals surface area contributed by atoms with Crippen LogP contribution in [0.25, 0.3) is 16.6 Å². The van der Waals surface area contributed by atoms with Crippen LogP contribution in [-0.2, 0) is 6.54 Å². The largest absolute Gasteiger partial charge is 0.462 e. The number of furan rings is 1. The molecule has 0 unspecified atom stereocenters. The fourth-order valence-electron chi connectivity index (χ4n) is 2.49. The Morgan fingerprint density at radius 1 is 1.31 bits per heavy atom. The second kappa shape index (κ2) is 6.93. The Hall–Kier alpha value is -3.26. The zero-order valence-electron chi connectivity index (χ0n) is 13.9. The van der Waals surface area contributed by atoms with E-state index in [-0.39, 0.29) is 5.91 Å². The van der Waals surface area contributed by atoms with Crippen LogP contribution in [0.2, 0.25) is 0 Å². The first-order valence-corrected chi connectivity index (χ1v) is 8.81. The second-order valence-electron chi connectivity index (χ2n) is 5.56. The molecule has 1 amide bonds. The molecule has 7 nitrogen and oxygen atoms in total. The minimum Gasteiger partial charge on any atom is -0.462 e. The van der Waals surface area contributed by atoms with Gasteiger partial charge in [-0.1, -0.05) is 0 Å². The van der Waals surface area contributed by atoms with Crippen molar-refractivity contribution in [1.29, 1.82) is 0 Å². The first kappa shape index (κ1) is 16.2. The topological polar surface area (TPSA) is 85.8 Å². The van der Waals surface area contributed by atoms with Gasteiger partial charge in [0.25, 0.3) is 5.91 Å². The Morgan fingerprint density at radius 2 is 2.23 bits per heavy atom. The highest BCUT2D eigenvalue weighted by Gasteiger charge is 2.13. The molecular weight excluding hydrogens is 350 g/mol. The molecule has 4 heterocycles. The standard InChI is InChI=1S/C18H15N5O2S/c1-12-19-6-7-23(12)16-9-13(4-5-20-16)10-21-17(24)14-11-26-18(22-14)15-3-2-8-25-15/h2-9,11H,10H2,1H3,(H,21,24). The number of rotatable bonds is 5. The summed E-state index contributed by atoms with van der Waals surface area (Å²) in [4.78, 5) is 25.2. The van der Waals surface area contributed by atoms with E-state index < -0.39 is 0 Å². The SMILES string of the molecule is Cc1nccn1-c1cc(CNC(=O)c2csc(-c3ccco3)n2)ccn1. The smallest absolute Gasteiger partial charge is 0.271 e. The first-order chi connectivity index (χ1) is 12.7. The molecule has 0 aliphatic heterocycles. The van der Waals surface area contributed by atoms with Gasteiger partial charge in [-0.25, -0.2) is 15.0 Å². The predicted molar refractivity (Wildman–Crippen MR) is 97.1 cm³/mol. The molecule has 8 heteroatoms. The molecule has 1 N–H and O–H groups in total. The van der Waals surface area contributed by atoms with Gasteiger partial charge in [0.15, 0.2) is 10.8 Å². The van der Waals surface area contributed by atoms with Crippen LogP contribution in [0.5, 0.6) is 0 Å². The number of amides is 1. The summed E-state index contributed by atoms with van der Waals surface area (Å²) in [7, 11) is 0. The fraction of sp³-hybridized carbons (Fsp3) is 0.111. The van der Waals surface area contributed by atoms with E-state index in [2.05, 4.69) is 20.3 Å². The van der Waals surface area contributed by atoms with E-state index in [4.69, 9.17) is 4.42 Å². The Kier molecular flexibility index (Phi) is 4.32. The monoisotopic (exact) mass is 365 g/mol. The zero-order chi connectivity index (χ0) is 17.9. The van der Waals surface area contributed by atoms with Gasteiger partial charge in [0.2, 0.25) is 0 Å². The highest BCUT2D eigenvalue weighted by Crippen LogP contribution is 2.23. The molecule has 4 aromatic heterocycles. The lowest BCUT2D eigenvalue weighted by atomic mass is 10.2. The summed E-state index contributed by atoms with van der Waals surface area (Å²) in [6, 6.07) is 7.40. The molecule has 0 fully saturated rings. The highest BCUT2D eigenvalue weighted by atomic mass is 32.1. The van der Waals surface area contributed by atoms with Crippen molar-refractivity contribution < 1.29 is 9.21 Å². The first-order valence-electron chi connectivity index (χ1n) is 7.93. The lowest BCUT2D eigenvalue weighted by Crippen LogP contribution is -2.23. The quantitative estimate of drug-likeness (QED) is 0.587. The normalized spacial score (nSPS) is 10.8. The van der Waals surface area contributed by atoms with E-state index in [1.165, 1.54) is 11.3 Å². The molecular formula is C18H15N5O2S. The molecule has 0 aliphatic carbocycles. The Morgan fingerprint density at radius 3 is 3.00 bits per heavy atom. The molecule has 0 aromatic carbocycles. The lowest BCUT2D eigenvalue weighted by molar-refractivity contribution is 0.0946. The molecule has 0 bridgehead atoms. The molecule has 0 atom stereocenters. The van der Waals surface area contributed by atoms with E-state index in [0.29, 0.717) is 23.0 Å². The van der Waals surface area contributed by atoms with Crippen molar-refractivity contribution in [2.24, 2.45) is 0 Å². The van der Waals surface area contributed by atoms with Gasteiger partial charge in [-0.3, -0.25) is 9.36 Å². The number of hydrogen-bond donors (Lipinski definition) is 1. The maximum atomic E-state index is 12.3. The fourth-order valence-corrected chi connectivity index (χ4v) is 3.25. The number of nitrogens with one attached hydrogen (secondary N) is 1. The predicted octanol–water partition coefficient (Wildman–Crippen LogP) is 3.22. The molecule has 0 saturated heterocycles. The molecule has 0 aliphatic rings. The van der Waals surface area contributed by atoms with Crippen molar-refractivity contribution in [1.82, 2.24) is 24.8 Å². The van der Waals surface area contributed by atoms with Gasteiger partial charge in [0.05, 0.1) is 6.26 Å². The summed E-state index contributed by atoms with van der Waals surface area (Å²) < 4.78 is 7.19. The number of thiazole rings is 1. The van der Waals surface area contributed by atoms with Gasteiger partial charge in [0.1, 0.15) is 17.3 Å². The van der Waals surface area contributed by atoms with Gasteiger partial charge < -0.3 is 9.73 Å². The Bertz CT molecular complexity index is 1040. The summed E-state index contributed by atoms with van der Waals surface area (Å²) >= 11 is 1.37. The second-order valence-corrected chi connectivity index (χ2v) is 6.42. The third kappa shape index (κ3) is 3.27. The Balaban J connectivity index is 1.44. The molecule has 0 spiro atoms. The van der Waals surface area contributed by atoms with E-state index in [0.717, 1.165) is 17.2 Å². The van der Waals surface area contributed by atoms with Crippen LogP contribution >= 0.6 is 11.3 Å². The highest BCUT2D eigenvalue weighted by molar-refractivity contribution is 7.13. The summed E-state index contributed by atoms with van der Waals surface area (Å²) in [5.74, 6) is 2.05. The zero-order valence-corrected chi connectivity index (χ0v) is 14.7. The van der Waals surface area contributed by atoms with Gasteiger partial charge >= 0.3 is 0 Å². The van der Waals surface area contributed by atoms with Crippen molar-refractivity contribution in [2.75, 3.05) is 0 Å². The molecule has 0 saturated carbocycles. The van der Waals surface area contributed by atoms with E-state index in [1.807, 2.05) is 35.9 Å². The van der Waals surface area contributed by atoms with E-state index in [9.17, 15) is 4.79 Å². The van der Waals surface area contributed by atoms with Crippen LogP contribution in [0.15, 0.2) is 58.9 Å². The maximum absolute atomic E-state index is 12.3. The maximum Gasteiger partial charge on any atom is 0.271 e. The number of nitrogens with zero attached hydrogens (tertiary/aromatic N) is 4. The van der Waals surface area contributed by atoms with Crippen LogP contribution in [0, 0.1) is 6.92 Å². The number of aryl methyl sites for hydroxylation is 1. The van der Waals surface area contributed by atoms with Crippen LogP contribution in [0.1, 0.15) is 21.9 Å². The minimum atomic E-state index is -0.226. The van der Waals surface area contributed by atoms with Gasteiger partial charge in [-0.05, 0) is 36.8 Å². The third-order valence-corrected chi connectivity index (χ3v) is 4.66. The Labute approximate surface area is 153 Å². The number of hydrogen-bond acceptors (Lipinski definition) is 6. The van der Waals surface area contributed by atoms with Crippen LogP contribution in [0.3, 0.4) is 0 Å². The van der Waals surface area contributed by atoms with Gasteiger partial charge in [-0.15, -0.1) is 11.3 Å². The van der Waals surface area contributed by atoms with Crippen molar-refractivity contribution in [3.63, 3.8) is 0 Å². The number of pyridine rings is 1. The lowest BCUT2D eigenvalue weighted by Gasteiger charge is -2.07. The molecule has 130 valence electrons. The van der Waals surface area contributed by atoms with Crippen molar-refractivity contribution in [3.05, 3.63) is 71.6 Å². The molecule has 26 heavy (non-hydrogen) atoms. The average Bonchev–Trinajstić information content (AvgIpc) is 3.40. The van der Waals surface area contributed by atoms with Crippen molar-refractivity contribution >= 4 is 17.2 Å². The van der Waals surface area contributed by atoms with Gasteiger partial charge in [0, 0.05) is 30.5 Å². The van der Waals surface area contributed by atoms with Crippen LogP contribution < -0.4 is 5.32 Å². The summed E-state index contributed by atoms with van der Waals surface area (Å²) in [5, 5.41) is 5.29. The van der Waals surface area contributed by atoms with E-state index >= 15 is 0 Å². The number of aromatic nitrogens is 4. The van der Waals surface area contributed by atoms with Crippen molar-refractivity contribution in [2.45, 2.75) is 13.5 Å². The van der Waals surface area contributed by atoms with Crippen LogP contribution in [0.4, 0.5) is 0 Å². The summed E-state index contributed by atoms with van der Waals surface area (Å²) in [5.41, 5.74) is 1.32. The number of carbonyl (C=O) groups excluding carboxylic acids is 1. The van der Waals surface area contributed by atoms with Crippen molar-refractivity contribution in [3.8, 4) is 16.6 Å². The van der Waals surface area contributed by atoms with Gasteiger partial charge in [-0.2, -0.15) is 0 Å². The number of imidazole rings is 1.